The molecule has 0 bridgehead atoms. The average molecular weight is 541 g/mol. The van der Waals surface area contributed by atoms with E-state index in [0.717, 1.165) is 15.8 Å². The minimum absolute atomic E-state index is 0.380. The van der Waals surface area contributed by atoms with Crippen molar-refractivity contribution in [2.45, 2.75) is 37.9 Å². The first-order valence-electron chi connectivity index (χ1n) is 11.1. The predicted molar refractivity (Wildman–Crippen MR) is 145 cm³/mol. The van der Waals surface area contributed by atoms with Crippen molar-refractivity contribution in [2.24, 2.45) is 0 Å². The standard InChI is InChI=1S/C28H30BrNO3S/c1-28(2,3)33-27(31)30(18-10-11-19-34-24-14-8-5-9-15-24)26-20-23(16-17-25(26)29)32-21-22-12-6-4-7-13-22/h4-17,20H,18-19,21H2,1-3H3/b11-10+. The number of ether oxygens (including phenoxy) is 2. The third kappa shape index (κ3) is 8.58. The van der Waals surface area contributed by atoms with Gasteiger partial charge in [-0.2, -0.15) is 0 Å². The average Bonchev–Trinajstić information content (AvgIpc) is 2.81. The molecule has 1 amide bonds. The third-order valence-corrected chi connectivity index (χ3v) is 6.25. The highest BCUT2D eigenvalue weighted by Crippen LogP contribution is 2.32. The maximum atomic E-state index is 13.1. The Kier molecular flexibility index (Phi) is 9.66. The van der Waals surface area contributed by atoms with Crippen LogP contribution in [0.3, 0.4) is 0 Å². The Morgan fingerprint density at radius 2 is 1.65 bits per heavy atom. The van der Waals surface area contributed by atoms with Gasteiger partial charge in [-0.15, -0.1) is 11.8 Å². The Morgan fingerprint density at radius 3 is 2.32 bits per heavy atom. The van der Waals surface area contributed by atoms with Gasteiger partial charge in [0.25, 0.3) is 0 Å². The van der Waals surface area contributed by atoms with E-state index in [0.29, 0.717) is 24.6 Å². The number of thioether (sulfide) groups is 1. The SMILES string of the molecule is CC(C)(C)OC(=O)N(C/C=C/CSc1ccccc1)c1cc(OCc2ccccc2)ccc1Br. The second-order valence-corrected chi connectivity index (χ2v) is 10.5. The molecule has 0 aromatic heterocycles. The predicted octanol–water partition coefficient (Wildman–Crippen LogP) is 8.12. The van der Waals surface area contributed by atoms with Crippen LogP contribution in [-0.4, -0.2) is 24.0 Å². The van der Waals surface area contributed by atoms with Crippen LogP contribution < -0.4 is 9.64 Å². The first-order valence-corrected chi connectivity index (χ1v) is 12.9. The molecule has 0 fully saturated rings. The Balaban J connectivity index is 1.73. The molecular formula is C28H30BrNO3S. The van der Waals surface area contributed by atoms with E-state index in [1.807, 2.05) is 93.6 Å². The van der Waals surface area contributed by atoms with E-state index in [-0.39, 0.29) is 0 Å². The van der Waals surface area contributed by atoms with Crippen molar-refractivity contribution >= 4 is 39.5 Å². The number of hydrogen-bond donors (Lipinski definition) is 0. The molecule has 0 saturated heterocycles. The highest BCUT2D eigenvalue weighted by Gasteiger charge is 2.24. The van der Waals surface area contributed by atoms with Crippen molar-refractivity contribution in [1.82, 2.24) is 0 Å². The molecule has 34 heavy (non-hydrogen) atoms. The van der Waals surface area contributed by atoms with Crippen LogP contribution in [0.25, 0.3) is 0 Å². The van der Waals surface area contributed by atoms with E-state index in [9.17, 15) is 4.79 Å². The molecule has 0 N–H and O–H groups in total. The summed E-state index contributed by atoms with van der Waals surface area (Å²) in [6.45, 7) is 6.42. The van der Waals surface area contributed by atoms with Gasteiger partial charge in [-0.3, -0.25) is 4.90 Å². The molecule has 178 valence electrons. The fraction of sp³-hybridized carbons (Fsp3) is 0.250. The highest BCUT2D eigenvalue weighted by atomic mass is 79.9. The monoisotopic (exact) mass is 539 g/mol. The lowest BCUT2D eigenvalue weighted by molar-refractivity contribution is 0.0584. The minimum atomic E-state index is -0.601. The molecule has 0 unspecified atom stereocenters. The summed E-state index contributed by atoms with van der Waals surface area (Å²) in [6.07, 6.45) is 3.65. The Hall–Kier alpha value is -2.70. The maximum absolute atomic E-state index is 13.1. The van der Waals surface area contributed by atoms with Crippen molar-refractivity contribution in [1.29, 1.82) is 0 Å². The molecule has 0 spiro atoms. The van der Waals surface area contributed by atoms with Crippen LogP contribution in [0, 0.1) is 0 Å². The largest absolute Gasteiger partial charge is 0.489 e. The second kappa shape index (κ2) is 12.7. The normalized spacial score (nSPS) is 11.4. The smallest absolute Gasteiger partial charge is 0.415 e. The fourth-order valence-electron chi connectivity index (χ4n) is 3.03. The van der Waals surface area contributed by atoms with Gasteiger partial charge in [0.1, 0.15) is 18.0 Å². The van der Waals surface area contributed by atoms with E-state index in [1.165, 1.54) is 4.90 Å². The zero-order chi connectivity index (χ0) is 24.4. The van der Waals surface area contributed by atoms with Crippen LogP contribution in [0.4, 0.5) is 10.5 Å². The van der Waals surface area contributed by atoms with Gasteiger partial charge in [0, 0.05) is 27.7 Å². The van der Waals surface area contributed by atoms with Crippen molar-refractivity contribution in [3.63, 3.8) is 0 Å². The number of rotatable bonds is 9. The quantitative estimate of drug-likeness (QED) is 0.203. The Labute approximate surface area is 215 Å². The summed E-state index contributed by atoms with van der Waals surface area (Å²) < 4.78 is 12.5. The molecule has 0 aliphatic carbocycles. The number of carbonyl (C=O) groups excluding carboxylic acids is 1. The van der Waals surface area contributed by atoms with Crippen LogP contribution in [0.2, 0.25) is 0 Å². The number of nitrogens with zero attached hydrogens (tertiary/aromatic N) is 1. The first kappa shape index (κ1) is 25.9. The minimum Gasteiger partial charge on any atom is -0.489 e. The van der Waals surface area contributed by atoms with Gasteiger partial charge in [-0.1, -0.05) is 60.7 Å². The van der Waals surface area contributed by atoms with E-state index >= 15 is 0 Å². The van der Waals surface area contributed by atoms with E-state index in [1.54, 1.807) is 16.7 Å². The molecule has 3 rings (SSSR count). The molecule has 0 saturated carbocycles. The molecular weight excluding hydrogens is 510 g/mol. The number of hydrogen-bond acceptors (Lipinski definition) is 4. The van der Waals surface area contributed by atoms with Gasteiger partial charge in [-0.05, 0) is 66.5 Å². The van der Waals surface area contributed by atoms with Gasteiger partial charge in [0.2, 0.25) is 0 Å². The molecule has 0 atom stereocenters. The van der Waals surface area contributed by atoms with Crippen molar-refractivity contribution < 1.29 is 14.3 Å². The van der Waals surface area contributed by atoms with Gasteiger partial charge < -0.3 is 9.47 Å². The molecule has 0 aliphatic rings. The van der Waals surface area contributed by atoms with Crippen molar-refractivity contribution in [2.75, 3.05) is 17.2 Å². The van der Waals surface area contributed by atoms with Crippen LogP contribution in [0.1, 0.15) is 26.3 Å². The molecule has 0 heterocycles. The maximum Gasteiger partial charge on any atom is 0.415 e. The molecule has 3 aromatic rings. The number of amides is 1. The number of halogens is 1. The summed E-state index contributed by atoms with van der Waals surface area (Å²) >= 11 is 5.34. The Bertz CT molecular complexity index is 1080. The zero-order valence-corrected chi connectivity index (χ0v) is 22.1. The highest BCUT2D eigenvalue weighted by molar-refractivity contribution is 9.10. The van der Waals surface area contributed by atoms with Gasteiger partial charge in [0.15, 0.2) is 0 Å². The third-order valence-electron chi connectivity index (χ3n) is 4.61. The summed E-state index contributed by atoms with van der Waals surface area (Å²) in [5, 5.41) is 0. The summed E-state index contributed by atoms with van der Waals surface area (Å²) in [7, 11) is 0. The van der Waals surface area contributed by atoms with Crippen molar-refractivity contribution in [3.05, 3.63) is 101 Å². The van der Waals surface area contributed by atoms with Gasteiger partial charge in [-0.25, -0.2) is 4.79 Å². The van der Waals surface area contributed by atoms with Crippen LogP contribution in [0.15, 0.2) is 100 Å². The van der Waals surface area contributed by atoms with E-state index < -0.39 is 11.7 Å². The number of anilines is 1. The lowest BCUT2D eigenvalue weighted by atomic mass is 10.2. The van der Waals surface area contributed by atoms with Crippen LogP contribution in [-0.2, 0) is 11.3 Å². The van der Waals surface area contributed by atoms with Crippen LogP contribution in [0.5, 0.6) is 5.75 Å². The zero-order valence-electron chi connectivity index (χ0n) is 19.7. The Morgan fingerprint density at radius 1 is 0.971 bits per heavy atom. The summed E-state index contributed by atoms with van der Waals surface area (Å²) in [4.78, 5) is 15.9. The summed E-state index contributed by atoms with van der Waals surface area (Å²) in [5.41, 5.74) is 1.17. The van der Waals surface area contributed by atoms with E-state index in [4.69, 9.17) is 9.47 Å². The number of carbonyl (C=O) groups is 1. The van der Waals surface area contributed by atoms with Gasteiger partial charge >= 0.3 is 6.09 Å². The molecule has 0 radical (unpaired) electrons. The molecule has 4 nitrogen and oxygen atoms in total. The molecule has 0 aliphatic heterocycles. The van der Waals surface area contributed by atoms with Crippen molar-refractivity contribution in [3.8, 4) is 5.75 Å². The summed E-state index contributed by atoms with van der Waals surface area (Å²) in [5.74, 6) is 1.49. The lowest BCUT2D eigenvalue weighted by Crippen LogP contribution is -2.37. The van der Waals surface area contributed by atoms with Crippen LogP contribution >= 0.6 is 27.7 Å². The lowest BCUT2D eigenvalue weighted by Gasteiger charge is -2.27. The van der Waals surface area contributed by atoms with E-state index in [2.05, 4.69) is 34.1 Å². The topological polar surface area (TPSA) is 38.8 Å². The second-order valence-electron chi connectivity index (χ2n) is 8.57. The fourth-order valence-corrected chi connectivity index (χ4v) is 4.26. The molecule has 3 aromatic carbocycles. The first-order chi connectivity index (χ1) is 16.3. The number of benzene rings is 3. The molecule has 6 heteroatoms. The summed E-state index contributed by atoms with van der Waals surface area (Å²) in [6, 6.07) is 25.9. The van der Waals surface area contributed by atoms with Gasteiger partial charge in [0.05, 0.1) is 5.69 Å².